The Balaban J connectivity index is 1.09. The zero-order chi connectivity index (χ0) is 38.0. The van der Waals surface area contributed by atoms with E-state index in [4.69, 9.17) is 0 Å². The van der Waals surface area contributed by atoms with Gasteiger partial charge in [-0.15, -0.1) is 0 Å². The maximum atomic E-state index is 2.58. The van der Waals surface area contributed by atoms with Crippen molar-refractivity contribution in [3.63, 3.8) is 0 Å². The highest BCUT2D eigenvalue weighted by Gasteiger charge is 2.55. The Bertz CT molecular complexity index is 3000. The summed E-state index contributed by atoms with van der Waals surface area (Å²) in [5.41, 5.74) is 17.2. The SMILES string of the molecule is c1ccc(N2c3ccccc3C3(c4ccccc42)c2ccccc2N(c2ccc4c(c2)[Si]2(c5ccccc5-c5ccccc52)c2ccccc2-4)c2ccccc23)cc1. The topological polar surface area (TPSA) is 6.48 Å². The lowest BCUT2D eigenvalue weighted by Gasteiger charge is -2.51. The van der Waals surface area contributed by atoms with E-state index in [-0.39, 0.29) is 0 Å². The molecular weight excluding hydrogens is 717 g/mol. The number of hydrogen-bond acceptors (Lipinski definition) is 2. The van der Waals surface area contributed by atoms with Gasteiger partial charge in [0.25, 0.3) is 0 Å². The molecule has 0 radical (unpaired) electrons. The van der Waals surface area contributed by atoms with E-state index in [1.165, 1.54) is 93.7 Å². The van der Waals surface area contributed by atoms with Gasteiger partial charge in [-0.2, -0.15) is 0 Å². The Morgan fingerprint density at radius 1 is 0.276 bits per heavy atom. The lowest BCUT2D eigenvalue weighted by molar-refractivity contribution is 0.719. The third-order valence-corrected chi connectivity index (χ3v) is 18.4. The molecule has 2 nitrogen and oxygen atoms in total. The van der Waals surface area contributed by atoms with Crippen molar-refractivity contribution >= 4 is 62.9 Å². The van der Waals surface area contributed by atoms with Crippen LogP contribution in [0.15, 0.2) is 218 Å². The molecule has 0 saturated carbocycles. The van der Waals surface area contributed by atoms with Crippen molar-refractivity contribution in [2.45, 2.75) is 5.41 Å². The zero-order valence-electron chi connectivity index (χ0n) is 31.7. The molecule has 0 unspecified atom stereocenters. The van der Waals surface area contributed by atoms with Crippen LogP contribution in [0.1, 0.15) is 22.3 Å². The van der Waals surface area contributed by atoms with Crippen LogP contribution in [-0.2, 0) is 5.41 Å². The summed E-state index contributed by atoms with van der Waals surface area (Å²) in [5.74, 6) is 0. The summed E-state index contributed by atoms with van der Waals surface area (Å²) in [6.07, 6.45) is 0. The van der Waals surface area contributed by atoms with Gasteiger partial charge in [0.05, 0.1) is 28.2 Å². The predicted molar refractivity (Wildman–Crippen MR) is 243 cm³/mol. The molecule has 0 aliphatic carbocycles. The molecule has 9 aromatic rings. The molecule has 2 spiro atoms. The molecule has 58 heavy (non-hydrogen) atoms. The number of benzene rings is 9. The Labute approximate surface area is 339 Å². The molecule has 0 N–H and O–H groups in total. The van der Waals surface area contributed by atoms with Gasteiger partial charge in [0.15, 0.2) is 8.07 Å². The van der Waals surface area contributed by atoms with Crippen molar-refractivity contribution in [1.29, 1.82) is 0 Å². The van der Waals surface area contributed by atoms with E-state index in [0.29, 0.717) is 0 Å². The average Bonchev–Trinajstić information content (AvgIpc) is 3.76. The normalized spacial score (nSPS) is 15.1. The second-order valence-electron chi connectivity index (χ2n) is 15.9. The fraction of sp³-hybridized carbons (Fsp3) is 0.0182. The molecule has 4 heterocycles. The number of fused-ring (bicyclic) bond motifs is 18. The smallest absolute Gasteiger partial charge is 0.182 e. The Kier molecular flexibility index (Phi) is 6.43. The average molecular weight is 753 g/mol. The van der Waals surface area contributed by atoms with Gasteiger partial charge in [0, 0.05) is 11.4 Å². The van der Waals surface area contributed by atoms with Gasteiger partial charge < -0.3 is 9.80 Å². The molecule has 9 aromatic carbocycles. The largest absolute Gasteiger partial charge is 0.310 e. The molecule has 0 fully saturated rings. The van der Waals surface area contributed by atoms with Crippen LogP contribution in [0.25, 0.3) is 22.3 Å². The van der Waals surface area contributed by atoms with E-state index in [0.717, 1.165) is 5.69 Å². The lowest BCUT2D eigenvalue weighted by atomic mass is 9.60. The molecule has 4 aliphatic heterocycles. The molecule has 0 amide bonds. The van der Waals surface area contributed by atoms with Gasteiger partial charge in [-0.25, -0.2) is 0 Å². The van der Waals surface area contributed by atoms with Crippen molar-refractivity contribution < 1.29 is 0 Å². The van der Waals surface area contributed by atoms with E-state index >= 15 is 0 Å². The van der Waals surface area contributed by atoms with Crippen LogP contribution >= 0.6 is 0 Å². The second kappa shape index (κ2) is 11.7. The van der Waals surface area contributed by atoms with E-state index in [2.05, 4.69) is 228 Å². The Morgan fingerprint density at radius 3 is 1.07 bits per heavy atom. The molecule has 13 rings (SSSR count). The number of hydrogen-bond donors (Lipinski definition) is 0. The van der Waals surface area contributed by atoms with Crippen molar-refractivity contribution in [2.24, 2.45) is 0 Å². The van der Waals surface area contributed by atoms with E-state index in [1.807, 2.05) is 0 Å². The summed E-state index contributed by atoms with van der Waals surface area (Å²) in [4.78, 5) is 5.01. The van der Waals surface area contributed by atoms with Crippen LogP contribution in [0, 0.1) is 0 Å². The van der Waals surface area contributed by atoms with Gasteiger partial charge in [0.1, 0.15) is 0 Å². The third-order valence-electron chi connectivity index (χ3n) is 13.4. The predicted octanol–water partition coefficient (Wildman–Crippen LogP) is 11.0. The molecular formula is C55H36N2Si. The fourth-order valence-electron chi connectivity index (χ4n) is 11.4. The highest BCUT2D eigenvalue weighted by atomic mass is 28.3. The number of anilines is 6. The van der Waals surface area contributed by atoms with E-state index in [9.17, 15) is 0 Å². The molecule has 3 heteroatoms. The summed E-state index contributed by atoms with van der Waals surface area (Å²) < 4.78 is 0. The molecule has 0 aromatic heterocycles. The van der Waals surface area contributed by atoms with Crippen LogP contribution in [0.5, 0.6) is 0 Å². The van der Waals surface area contributed by atoms with Crippen molar-refractivity contribution in [3.05, 3.63) is 241 Å². The van der Waals surface area contributed by atoms with Gasteiger partial charge in [-0.3, -0.25) is 0 Å². The quantitative estimate of drug-likeness (QED) is 0.162. The fourth-order valence-corrected chi connectivity index (χ4v) is 17.1. The van der Waals surface area contributed by atoms with Gasteiger partial charge >= 0.3 is 0 Å². The molecule has 0 atom stereocenters. The minimum atomic E-state index is -2.64. The molecule has 0 bridgehead atoms. The summed E-state index contributed by atoms with van der Waals surface area (Å²) in [7, 11) is -2.64. The van der Waals surface area contributed by atoms with Crippen LogP contribution in [0.4, 0.5) is 34.1 Å². The standard InChI is InChI=1S/C55H36N2Si/c1-2-18-37(19-3-1)56-47-27-11-7-23-43(47)55(44-24-8-12-28-48(44)56)45-25-9-13-29-49(45)57(50-30-14-10-26-46(50)55)38-34-35-42-41-22-6-17-33-53(41)58(54(42)36-38)51-31-15-4-20-39(51)40-21-5-16-32-52(40)58/h1-36H. The molecule has 270 valence electrons. The van der Waals surface area contributed by atoms with Crippen molar-refractivity contribution in [2.75, 3.05) is 9.80 Å². The summed E-state index contributed by atoms with van der Waals surface area (Å²) in [6, 6.07) is 82.4. The van der Waals surface area contributed by atoms with Crippen molar-refractivity contribution in [3.8, 4) is 22.3 Å². The third kappa shape index (κ3) is 3.82. The lowest BCUT2D eigenvalue weighted by Crippen LogP contribution is -2.70. The van der Waals surface area contributed by atoms with Crippen LogP contribution in [0.3, 0.4) is 0 Å². The number of rotatable bonds is 2. The summed E-state index contributed by atoms with van der Waals surface area (Å²) in [6.45, 7) is 0. The van der Waals surface area contributed by atoms with Gasteiger partial charge in [0.2, 0.25) is 0 Å². The monoisotopic (exact) mass is 752 g/mol. The minimum absolute atomic E-state index is 0.561. The van der Waals surface area contributed by atoms with Crippen molar-refractivity contribution in [1.82, 2.24) is 0 Å². The second-order valence-corrected chi connectivity index (χ2v) is 19.6. The first kappa shape index (κ1) is 31.9. The number of nitrogens with zero attached hydrogens (tertiary/aromatic N) is 2. The maximum absolute atomic E-state index is 2.64. The molecule has 0 saturated heterocycles. The minimum Gasteiger partial charge on any atom is -0.310 e. The van der Waals surface area contributed by atoms with E-state index in [1.54, 1.807) is 0 Å². The van der Waals surface area contributed by atoms with Gasteiger partial charge in [-0.1, -0.05) is 170 Å². The highest BCUT2D eigenvalue weighted by molar-refractivity contribution is 7.24. The summed E-state index contributed by atoms with van der Waals surface area (Å²) in [5, 5.41) is 5.97. The van der Waals surface area contributed by atoms with Crippen LogP contribution < -0.4 is 30.5 Å². The Hall–Kier alpha value is -7.20. The first-order valence-electron chi connectivity index (χ1n) is 20.3. The van der Waals surface area contributed by atoms with Crippen LogP contribution in [0.2, 0.25) is 0 Å². The van der Waals surface area contributed by atoms with Crippen LogP contribution in [-0.4, -0.2) is 8.07 Å². The Morgan fingerprint density at radius 2 is 0.621 bits per heavy atom. The summed E-state index contributed by atoms with van der Waals surface area (Å²) >= 11 is 0. The maximum Gasteiger partial charge on any atom is 0.182 e. The number of para-hydroxylation sites is 5. The zero-order valence-corrected chi connectivity index (χ0v) is 32.7. The highest BCUT2D eigenvalue weighted by Crippen LogP contribution is 2.63. The van der Waals surface area contributed by atoms with E-state index < -0.39 is 13.5 Å². The molecule has 4 aliphatic rings. The van der Waals surface area contributed by atoms with Gasteiger partial charge in [-0.05, 0) is 114 Å². The first-order valence-corrected chi connectivity index (χ1v) is 22.3. The first-order chi connectivity index (χ1) is 28.8.